The minimum absolute atomic E-state index is 0.0293. The standard InChI is InChI=1S/C30H40N4O7S/c1-18(2)13-24(33-30(39)22-11-12-23-25(15-22)34(5)42(40,41)17-27(23)36)26(35)14-19(3)28(37)32-20(4)29(38)31-16-21-9-7-6-8-10-21/h6-12,15,18-20,24,26,35H,13-14,16-17H2,1-5H3,(H,31,38)(H,32,37)(H,33,39)/t19-,20+,24+,26+/m1/s1. The van der Waals surface area contributed by atoms with Gasteiger partial charge in [-0.3, -0.25) is 23.5 Å². The number of Topliss-reactive ketones (excluding diaryl/α,β-unsaturated/α-hetero) is 1. The molecule has 3 amide bonds. The molecule has 2 aromatic rings. The van der Waals surface area contributed by atoms with E-state index in [2.05, 4.69) is 16.0 Å². The molecule has 1 aliphatic heterocycles. The molecule has 0 radical (unpaired) electrons. The van der Waals surface area contributed by atoms with Crippen LogP contribution in [0, 0.1) is 11.8 Å². The minimum atomic E-state index is -3.82. The van der Waals surface area contributed by atoms with Crippen LogP contribution >= 0.6 is 0 Å². The normalized spacial score (nSPS) is 17.0. The van der Waals surface area contributed by atoms with Crippen LogP contribution in [-0.2, 0) is 26.2 Å². The number of fused-ring (bicyclic) bond motifs is 1. The van der Waals surface area contributed by atoms with Gasteiger partial charge in [-0.2, -0.15) is 0 Å². The van der Waals surface area contributed by atoms with E-state index in [1.165, 1.54) is 25.2 Å². The van der Waals surface area contributed by atoms with Crippen LogP contribution in [0.25, 0.3) is 0 Å². The van der Waals surface area contributed by atoms with E-state index >= 15 is 0 Å². The van der Waals surface area contributed by atoms with E-state index in [-0.39, 0.29) is 35.1 Å². The van der Waals surface area contributed by atoms with Gasteiger partial charge in [0.15, 0.2) is 5.78 Å². The first-order valence-electron chi connectivity index (χ1n) is 13.9. The molecule has 1 heterocycles. The highest BCUT2D eigenvalue weighted by atomic mass is 32.2. The van der Waals surface area contributed by atoms with Crippen molar-refractivity contribution in [3.05, 3.63) is 65.2 Å². The number of nitrogens with one attached hydrogen (secondary N) is 3. The number of ketones is 1. The SMILES string of the molecule is CC(C)C[C@H](NC(=O)c1ccc2c(c1)N(C)S(=O)(=O)CC2=O)[C@@H](O)C[C@@H](C)C(=O)N[C@@H](C)C(=O)NCc1ccccc1. The second-order valence-corrected chi connectivity index (χ2v) is 13.2. The average molecular weight is 601 g/mol. The number of hydrogen-bond donors (Lipinski definition) is 4. The highest BCUT2D eigenvalue weighted by molar-refractivity contribution is 7.93. The van der Waals surface area contributed by atoms with Crippen molar-refractivity contribution < 1.29 is 32.7 Å². The van der Waals surface area contributed by atoms with Gasteiger partial charge in [-0.05, 0) is 49.4 Å². The van der Waals surface area contributed by atoms with Crippen LogP contribution in [0.3, 0.4) is 0 Å². The molecule has 1 aliphatic rings. The number of amides is 3. The molecule has 0 spiro atoms. The lowest BCUT2D eigenvalue weighted by Crippen LogP contribution is -2.48. The molecule has 0 unspecified atom stereocenters. The highest BCUT2D eigenvalue weighted by Gasteiger charge is 2.34. The lowest BCUT2D eigenvalue weighted by Gasteiger charge is -2.29. The van der Waals surface area contributed by atoms with Gasteiger partial charge in [0.05, 0.1) is 17.8 Å². The first-order chi connectivity index (χ1) is 19.7. The van der Waals surface area contributed by atoms with Crippen molar-refractivity contribution in [2.24, 2.45) is 11.8 Å². The summed E-state index contributed by atoms with van der Waals surface area (Å²) in [6.45, 7) is 7.41. The van der Waals surface area contributed by atoms with Gasteiger partial charge >= 0.3 is 0 Å². The average Bonchev–Trinajstić information content (AvgIpc) is 2.93. The zero-order valence-electron chi connectivity index (χ0n) is 24.6. The van der Waals surface area contributed by atoms with Crippen molar-refractivity contribution in [1.82, 2.24) is 16.0 Å². The number of aliphatic hydroxyl groups excluding tert-OH is 1. The van der Waals surface area contributed by atoms with Crippen molar-refractivity contribution in [3.63, 3.8) is 0 Å². The summed E-state index contributed by atoms with van der Waals surface area (Å²) in [5, 5.41) is 19.3. The van der Waals surface area contributed by atoms with Gasteiger partial charge < -0.3 is 21.1 Å². The molecule has 0 aromatic heterocycles. The Labute approximate surface area is 247 Å². The number of benzene rings is 2. The Bertz CT molecular complexity index is 1410. The van der Waals surface area contributed by atoms with E-state index in [1.807, 2.05) is 44.2 Å². The third-order valence-electron chi connectivity index (χ3n) is 7.24. The maximum absolute atomic E-state index is 13.2. The molecule has 2 aromatic carbocycles. The largest absolute Gasteiger partial charge is 0.391 e. The zero-order chi connectivity index (χ0) is 31.2. The molecule has 0 fully saturated rings. The fraction of sp³-hybridized carbons (Fsp3) is 0.467. The maximum Gasteiger partial charge on any atom is 0.251 e. The molecule has 0 saturated heterocycles. The second-order valence-electron chi connectivity index (χ2n) is 11.2. The number of hydrogen-bond acceptors (Lipinski definition) is 7. The number of aliphatic hydroxyl groups is 1. The Morgan fingerprint density at radius 1 is 0.952 bits per heavy atom. The third kappa shape index (κ3) is 8.39. The smallest absolute Gasteiger partial charge is 0.251 e. The first kappa shape index (κ1) is 32.7. The molecule has 0 aliphatic carbocycles. The predicted molar refractivity (Wildman–Crippen MR) is 159 cm³/mol. The van der Waals surface area contributed by atoms with Gasteiger partial charge in [-0.1, -0.05) is 51.1 Å². The Hall–Kier alpha value is -3.77. The van der Waals surface area contributed by atoms with Crippen molar-refractivity contribution in [1.29, 1.82) is 0 Å². The molecule has 228 valence electrons. The van der Waals surface area contributed by atoms with Gasteiger partial charge in [0, 0.05) is 30.6 Å². The number of carbonyl (C=O) groups excluding carboxylic acids is 4. The summed E-state index contributed by atoms with van der Waals surface area (Å²) < 4.78 is 25.6. The Morgan fingerprint density at radius 3 is 2.26 bits per heavy atom. The Morgan fingerprint density at radius 2 is 1.62 bits per heavy atom. The van der Waals surface area contributed by atoms with Gasteiger partial charge in [-0.25, -0.2) is 8.42 Å². The van der Waals surface area contributed by atoms with Gasteiger partial charge in [0.25, 0.3) is 5.91 Å². The lowest BCUT2D eigenvalue weighted by atomic mass is 9.92. The highest BCUT2D eigenvalue weighted by Crippen LogP contribution is 2.29. The van der Waals surface area contributed by atoms with Crippen molar-refractivity contribution in [2.45, 2.75) is 65.3 Å². The minimum Gasteiger partial charge on any atom is -0.391 e. The summed E-state index contributed by atoms with van der Waals surface area (Å²) in [6, 6.07) is 12.1. The monoisotopic (exact) mass is 600 g/mol. The molecule has 4 N–H and O–H groups in total. The number of nitrogens with zero attached hydrogens (tertiary/aromatic N) is 1. The first-order valence-corrected chi connectivity index (χ1v) is 15.5. The summed E-state index contributed by atoms with van der Waals surface area (Å²) in [4.78, 5) is 50.8. The van der Waals surface area contributed by atoms with Crippen LogP contribution in [0.1, 0.15) is 66.8 Å². The summed E-state index contributed by atoms with van der Waals surface area (Å²) >= 11 is 0. The Kier molecular flexibility index (Phi) is 10.9. The molecule has 11 nitrogen and oxygen atoms in total. The van der Waals surface area contributed by atoms with E-state index in [9.17, 15) is 32.7 Å². The quantitative estimate of drug-likeness (QED) is 0.290. The molecule has 4 atom stereocenters. The number of rotatable bonds is 12. The number of carbonyl (C=O) groups is 4. The zero-order valence-corrected chi connectivity index (χ0v) is 25.4. The van der Waals surface area contributed by atoms with E-state index in [4.69, 9.17) is 0 Å². The van der Waals surface area contributed by atoms with Crippen molar-refractivity contribution in [3.8, 4) is 0 Å². The summed E-state index contributed by atoms with van der Waals surface area (Å²) in [6.07, 6.45) is -0.639. The molecule has 0 saturated carbocycles. The van der Waals surface area contributed by atoms with Crippen LogP contribution in [0.5, 0.6) is 0 Å². The molecule has 42 heavy (non-hydrogen) atoms. The van der Waals surface area contributed by atoms with Crippen LogP contribution in [0.2, 0.25) is 0 Å². The van der Waals surface area contributed by atoms with Gasteiger partial charge in [-0.15, -0.1) is 0 Å². The van der Waals surface area contributed by atoms with E-state index in [1.54, 1.807) is 13.8 Å². The van der Waals surface area contributed by atoms with Crippen molar-refractivity contribution >= 4 is 39.2 Å². The third-order valence-corrected chi connectivity index (χ3v) is 8.90. The van der Waals surface area contributed by atoms with Crippen molar-refractivity contribution in [2.75, 3.05) is 17.1 Å². The maximum atomic E-state index is 13.2. The van der Waals surface area contributed by atoms with Crippen LogP contribution in [0.15, 0.2) is 48.5 Å². The fourth-order valence-electron chi connectivity index (χ4n) is 4.72. The molecular formula is C30H40N4O7S. The van der Waals surface area contributed by atoms with Gasteiger partial charge in [0.1, 0.15) is 11.8 Å². The fourth-order valence-corrected chi connectivity index (χ4v) is 5.86. The second kappa shape index (κ2) is 13.9. The molecular weight excluding hydrogens is 560 g/mol. The van der Waals surface area contributed by atoms with E-state index < -0.39 is 57.5 Å². The molecule has 12 heteroatoms. The summed E-state index contributed by atoms with van der Waals surface area (Å²) in [7, 11) is -2.49. The number of sulfonamides is 1. The van der Waals surface area contributed by atoms with Crippen LogP contribution in [-0.4, -0.2) is 68.0 Å². The molecule has 3 rings (SSSR count). The molecule has 0 bridgehead atoms. The van der Waals surface area contributed by atoms with Crippen LogP contribution in [0.4, 0.5) is 5.69 Å². The van der Waals surface area contributed by atoms with E-state index in [0.717, 1.165) is 9.87 Å². The van der Waals surface area contributed by atoms with E-state index in [0.29, 0.717) is 13.0 Å². The van der Waals surface area contributed by atoms with Crippen LogP contribution < -0.4 is 20.3 Å². The summed E-state index contributed by atoms with van der Waals surface area (Å²) in [5.74, 6) is -3.03. The summed E-state index contributed by atoms with van der Waals surface area (Å²) in [5.41, 5.74) is 1.39. The van der Waals surface area contributed by atoms with Gasteiger partial charge in [0.2, 0.25) is 21.8 Å². The Balaban J connectivity index is 1.62. The lowest BCUT2D eigenvalue weighted by molar-refractivity contribution is -0.131. The number of anilines is 1. The predicted octanol–water partition coefficient (Wildman–Crippen LogP) is 2.00. The topological polar surface area (TPSA) is 162 Å².